The van der Waals surface area contributed by atoms with Crippen molar-refractivity contribution in [1.82, 2.24) is 4.90 Å². The van der Waals surface area contributed by atoms with Gasteiger partial charge in [0, 0.05) is 13.1 Å². The Kier molecular flexibility index (Phi) is 6.89. The normalized spacial score (nSPS) is 15.2. The van der Waals surface area contributed by atoms with E-state index in [1.807, 2.05) is 0 Å². The van der Waals surface area contributed by atoms with Crippen molar-refractivity contribution in [3.63, 3.8) is 0 Å². The van der Waals surface area contributed by atoms with E-state index in [1.165, 1.54) is 23.1 Å². The molecule has 1 saturated heterocycles. The Morgan fingerprint density at radius 2 is 1.76 bits per heavy atom. The van der Waals surface area contributed by atoms with E-state index in [1.54, 1.807) is 0 Å². The second-order valence-electron chi connectivity index (χ2n) is 6.55. The lowest BCUT2D eigenvalue weighted by Gasteiger charge is -2.26. The van der Waals surface area contributed by atoms with Gasteiger partial charge in [-0.3, -0.25) is 4.90 Å². The highest BCUT2D eigenvalue weighted by Crippen LogP contribution is 2.28. The van der Waals surface area contributed by atoms with E-state index < -0.39 is 0 Å². The average molecular weight is 339 g/mol. The summed E-state index contributed by atoms with van der Waals surface area (Å²) in [5.41, 5.74) is 3.75. The van der Waals surface area contributed by atoms with Gasteiger partial charge in [0.05, 0.1) is 19.8 Å². The van der Waals surface area contributed by atoms with Gasteiger partial charge in [-0.05, 0) is 48.6 Å². The number of unbranched alkanes of at least 4 members (excludes halogenated alkanes) is 1. The number of aryl methyl sites for hydroxylation is 1. The molecule has 0 saturated carbocycles. The Labute approximate surface area is 151 Å². The molecule has 3 nitrogen and oxygen atoms in total. The summed E-state index contributed by atoms with van der Waals surface area (Å²) < 4.78 is 11.5. The number of rotatable bonds is 8. The zero-order chi connectivity index (χ0) is 17.3. The lowest BCUT2D eigenvalue weighted by atomic mass is 10.0. The lowest BCUT2D eigenvalue weighted by molar-refractivity contribution is 0.0368. The van der Waals surface area contributed by atoms with Gasteiger partial charge in [-0.15, -0.1) is 0 Å². The average Bonchev–Trinajstić information content (AvgIpc) is 2.69. The molecule has 0 bridgehead atoms. The summed E-state index contributed by atoms with van der Waals surface area (Å²) in [5, 5.41) is 0. The van der Waals surface area contributed by atoms with Crippen molar-refractivity contribution in [2.75, 3.05) is 39.5 Å². The van der Waals surface area contributed by atoms with Crippen molar-refractivity contribution in [3.05, 3.63) is 54.1 Å². The van der Waals surface area contributed by atoms with E-state index in [4.69, 9.17) is 9.47 Å². The van der Waals surface area contributed by atoms with Crippen LogP contribution in [0.3, 0.4) is 0 Å². The molecule has 0 spiro atoms. The van der Waals surface area contributed by atoms with Crippen LogP contribution in [0.2, 0.25) is 0 Å². The molecule has 2 aromatic carbocycles. The molecule has 2 aromatic rings. The van der Waals surface area contributed by atoms with Gasteiger partial charge in [-0.2, -0.15) is 0 Å². The van der Waals surface area contributed by atoms with Crippen LogP contribution in [0.5, 0.6) is 5.75 Å². The molecular weight excluding hydrogens is 310 g/mol. The first-order valence-electron chi connectivity index (χ1n) is 9.48. The quantitative estimate of drug-likeness (QED) is 0.665. The maximum atomic E-state index is 6.14. The molecule has 1 heterocycles. The minimum Gasteiger partial charge on any atom is -0.493 e. The van der Waals surface area contributed by atoms with Crippen molar-refractivity contribution < 1.29 is 9.47 Å². The number of benzene rings is 2. The van der Waals surface area contributed by atoms with Crippen LogP contribution in [0, 0.1) is 0 Å². The van der Waals surface area contributed by atoms with Crippen LogP contribution in [0.4, 0.5) is 0 Å². The Morgan fingerprint density at radius 1 is 0.960 bits per heavy atom. The fourth-order valence-corrected chi connectivity index (χ4v) is 3.24. The van der Waals surface area contributed by atoms with E-state index in [9.17, 15) is 0 Å². The third kappa shape index (κ3) is 5.32. The van der Waals surface area contributed by atoms with Gasteiger partial charge in [0.25, 0.3) is 0 Å². The second-order valence-corrected chi connectivity index (χ2v) is 6.55. The first-order chi connectivity index (χ1) is 12.4. The van der Waals surface area contributed by atoms with E-state index in [0.717, 1.165) is 58.0 Å². The summed E-state index contributed by atoms with van der Waals surface area (Å²) in [7, 11) is 0. The Hall–Kier alpha value is -1.84. The Morgan fingerprint density at radius 3 is 2.52 bits per heavy atom. The molecule has 1 aliphatic heterocycles. The van der Waals surface area contributed by atoms with Gasteiger partial charge in [-0.1, -0.05) is 49.4 Å². The number of morpholine rings is 1. The van der Waals surface area contributed by atoms with E-state index in [2.05, 4.69) is 60.4 Å². The first kappa shape index (κ1) is 18.0. The van der Waals surface area contributed by atoms with E-state index >= 15 is 0 Å². The SMILES string of the molecule is CCc1ccc(-c2ccccc2)cc1OCCCCN1CCOCC1. The molecule has 0 amide bonds. The molecular formula is C22H29NO2. The van der Waals surface area contributed by atoms with Crippen LogP contribution >= 0.6 is 0 Å². The molecule has 134 valence electrons. The molecule has 0 aliphatic carbocycles. The second kappa shape index (κ2) is 9.59. The summed E-state index contributed by atoms with van der Waals surface area (Å²) in [6, 6.07) is 17.1. The molecule has 0 atom stereocenters. The maximum Gasteiger partial charge on any atom is 0.123 e. The molecule has 0 radical (unpaired) electrons. The van der Waals surface area contributed by atoms with Gasteiger partial charge >= 0.3 is 0 Å². The van der Waals surface area contributed by atoms with Crippen LogP contribution < -0.4 is 4.74 Å². The lowest BCUT2D eigenvalue weighted by Crippen LogP contribution is -2.36. The standard InChI is InChI=1S/C22H29NO2/c1-2-19-10-11-21(20-8-4-3-5-9-20)18-22(19)25-15-7-6-12-23-13-16-24-17-14-23/h3-5,8-11,18H,2,6-7,12-17H2,1H3. The predicted octanol–water partition coefficient (Wildman–Crippen LogP) is 4.41. The van der Waals surface area contributed by atoms with Crippen LogP contribution in [0.15, 0.2) is 48.5 Å². The highest BCUT2D eigenvalue weighted by molar-refractivity contribution is 5.66. The van der Waals surface area contributed by atoms with Crippen molar-refractivity contribution >= 4 is 0 Å². The fourth-order valence-electron chi connectivity index (χ4n) is 3.24. The van der Waals surface area contributed by atoms with Gasteiger partial charge in [0.15, 0.2) is 0 Å². The summed E-state index contributed by atoms with van der Waals surface area (Å²) in [4.78, 5) is 2.48. The highest BCUT2D eigenvalue weighted by Gasteiger charge is 2.09. The summed E-state index contributed by atoms with van der Waals surface area (Å²) in [6.07, 6.45) is 3.27. The molecule has 0 aromatic heterocycles. The van der Waals surface area contributed by atoms with Gasteiger partial charge in [-0.25, -0.2) is 0 Å². The number of hydrogen-bond acceptors (Lipinski definition) is 3. The Bertz CT molecular complexity index is 636. The first-order valence-corrected chi connectivity index (χ1v) is 9.48. The summed E-state index contributed by atoms with van der Waals surface area (Å²) in [6.45, 7) is 8.01. The zero-order valence-electron chi connectivity index (χ0n) is 15.2. The fraction of sp³-hybridized carbons (Fsp3) is 0.455. The maximum absolute atomic E-state index is 6.14. The van der Waals surface area contributed by atoms with Crippen molar-refractivity contribution in [1.29, 1.82) is 0 Å². The van der Waals surface area contributed by atoms with Gasteiger partial charge < -0.3 is 9.47 Å². The monoisotopic (exact) mass is 339 g/mol. The van der Waals surface area contributed by atoms with Crippen LogP contribution in [0.25, 0.3) is 11.1 Å². The molecule has 0 N–H and O–H groups in total. The summed E-state index contributed by atoms with van der Waals surface area (Å²) in [5.74, 6) is 1.04. The molecule has 3 rings (SSSR count). The van der Waals surface area contributed by atoms with Crippen molar-refractivity contribution in [2.45, 2.75) is 26.2 Å². The zero-order valence-corrected chi connectivity index (χ0v) is 15.2. The molecule has 1 fully saturated rings. The van der Waals surface area contributed by atoms with Gasteiger partial charge in [0.1, 0.15) is 5.75 Å². The van der Waals surface area contributed by atoms with Crippen LogP contribution in [0.1, 0.15) is 25.3 Å². The summed E-state index contributed by atoms with van der Waals surface area (Å²) >= 11 is 0. The van der Waals surface area contributed by atoms with Crippen LogP contribution in [-0.2, 0) is 11.2 Å². The van der Waals surface area contributed by atoms with E-state index in [0.29, 0.717) is 0 Å². The minimum absolute atomic E-state index is 0.787. The van der Waals surface area contributed by atoms with E-state index in [-0.39, 0.29) is 0 Å². The highest BCUT2D eigenvalue weighted by atomic mass is 16.5. The molecule has 3 heteroatoms. The largest absolute Gasteiger partial charge is 0.493 e. The van der Waals surface area contributed by atoms with Crippen molar-refractivity contribution in [2.24, 2.45) is 0 Å². The number of hydrogen-bond donors (Lipinski definition) is 0. The molecule has 25 heavy (non-hydrogen) atoms. The third-order valence-corrected chi connectivity index (χ3v) is 4.79. The number of nitrogens with zero attached hydrogens (tertiary/aromatic N) is 1. The third-order valence-electron chi connectivity index (χ3n) is 4.79. The van der Waals surface area contributed by atoms with Gasteiger partial charge in [0.2, 0.25) is 0 Å². The topological polar surface area (TPSA) is 21.7 Å². The smallest absolute Gasteiger partial charge is 0.123 e. The predicted molar refractivity (Wildman–Crippen MR) is 103 cm³/mol. The minimum atomic E-state index is 0.787. The van der Waals surface area contributed by atoms with Crippen molar-refractivity contribution in [3.8, 4) is 16.9 Å². The Balaban J connectivity index is 1.52. The van der Waals surface area contributed by atoms with Crippen LogP contribution in [-0.4, -0.2) is 44.4 Å². The molecule has 1 aliphatic rings. The number of ether oxygens (including phenoxy) is 2. The molecule has 0 unspecified atom stereocenters.